The second kappa shape index (κ2) is 7.51. The van der Waals surface area contributed by atoms with Crippen molar-refractivity contribution in [3.05, 3.63) is 29.3 Å². The molecule has 2 rings (SSSR count). The molecule has 3 nitrogen and oxygen atoms in total. The molecule has 1 N–H and O–H groups in total. The number of ether oxygens (including phenoxy) is 2. The fraction of sp³-hybridized carbons (Fsp3) is 0.625. The molecule has 1 aromatic carbocycles. The summed E-state index contributed by atoms with van der Waals surface area (Å²) in [5.74, 6) is 1.09. The number of methoxy groups -OCH3 is 1. The Labute approximate surface area is 116 Å². The monoisotopic (exact) mass is 263 g/mol. The van der Waals surface area contributed by atoms with Crippen LogP contribution in [0.1, 0.15) is 42.9 Å². The average molecular weight is 263 g/mol. The van der Waals surface area contributed by atoms with Crippen molar-refractivity contribution in [3.63, 3.8) is 0 Å². The number of nitrogens with one attached hydrogen (secondary N) is 1. The Balaban J connectivity index is 1.96. The smallest absolute Gasteiger partial charge is 0.126 e. The number of unbranched alkanes of at least 4 members (excludes halogenated alkanes) is 1. The lowest BCUT2D eigenvalue weighted by molar-refractivity contribution is 0.192. The highest BCUT2D eigenvalue weighted by Gasteiger charge is 2.20. The highest BCUT2D eigenvalue weighted by atomic mass is 16.5. The molecule has 19 heavy (non-hydrogen) atoms. The molecule has 1 aliphatic heterocycles. The molecule has 0 aliphatic carbocycles. The van der Waals surface area contributed by atoms with Gasteiger partial charge >= 0.3 is 0 Å². The molecule has 3 heteroatoms. The first-order valence-corrected chi connectivity index (χ1v) is 7.27. The van der Waals surface area contributed by atoms with E-state index in [0.717, 1.165) is 51.2 Å². The fourth-order valence-electron chi connectivity index (χ4n) is 2.62. The highest BCUT2D eigenvalue weighted by Crippen LogP contribution is 2.33. The molecule has 0 fully saturated rings. The Hall–Kier alpha value is -1.06. The minimum atomic E-state index is 0.431. The lowest BCUT2D eigenvalue weighted by Gasteiger charge is -2.19. The summed E-state index contributed by atoms with van der Waals surface area (Å²) in [4.78, 5) is 0. The summed E-state index contributed by atoms with van der Waals surface area (Å²) < 4.78 is 11.0. The highest BCUT2D eigenvalue weighted by molar-refractivity contribution is 5.43. The van der Waals surface area contributed by atoms with Crippen LogP contribution < -0.4 is 10.1 Å². The average Bonchev–Trinajstić information content (AvgIpc) is 2.62. The molecular weight excluding hydrogens is 238 g/mol. The van der Waals surface area contributed by atoms with Crippen molar-refractivity contribution in [2.75, 3.05) is 26.9 Å². The topological polar surface area (TPSA) is 30.5 Å². The first-order valence-electron chi connectivity index (χ1n) is 7.27. The summed E-state index contributed by atoms with van der Waals surface area (Å²) in [5.41, 5.74) is 2.56. The van der Waals surface area contributed by atoms with Crippen molar-refractivity contribution in [1.29, 1.82) is 0 Å². The van der Waals surface area contributed by atoms with Crippen LogP contribution in [0.3, 0.4) is 0 Å². The van der Waals surface area contributed by atoms with Crippen molar-refractivity contribution < 1.29 is 9.47 Å². The van der Waals surface area contributed by atoms with Crippen molar-refractivity contribution in [1.82, 2.24) is 5.32 Å². The predicted octanol–water partition coefficient (Wildman–Crippen LogP) is 3.22. The van der Waals surface area contributed by atoms with Crippen molar-refractivity contribution in [3.8, 4) is 5.75 Å². The Kier molecular flexibility index (Phi) is 5.67. The molecule has 1 aliphatic rings. The van der Waals surface area contributed by atoms with Gasteiger partial charge < -0.3 is 14.8 Å². The van der Waals surface area contributed by atoms with Gasteiger partial charge in [0.15, 0.2) is 0 Å². The zero-order chi connectivity index (χ0) is 13.5. The molecule has 0 radical (unpaired) electrons. The molecule has 0 spiro atoms. The first-order chi connectivity index (χ1) is 9.33. The normalized spacial score (nSPS) is 18.5. The lowest BCUT2D eigenvalue weighted by Crippen LogP contribution is -2.22. The number of hydrogen-bond acceptors (Lipinski definition) is 3. The maximum atomic E-state index is 5.89. The second-order valence-corrected chi connectivity index (χ2v) is 5.19. The second-order valence-electron chi connectivity index (χ2n) is 5.19. The molecule has 0 saturated heterocycles. The van der Waals surface area contributed by atoms with Crippen LogP contribution in [0.15, 0.2) is 18.2 Å². The van der Waals surface area contributed by atoms with Gasteiger partial charge in [-0.05, 0) is 44.7 Å². The van der Waals surface area contributed by atoms with Crippen molar-refractivity contribution >= 4 is 0 Å². The van der Waals surface area contributed by atoms with Crippen molar-refractivity contribution in [2.24, 2.45) is 0 Å². The Morgan fingerprint density at radius 3 is 3.11 bits per heavy atom. The van der Waals surface area contributed by atoms with E-state index < -0.39 is 0 Å². The lowest BCUT2D eigenvalue weighted by atomic mass is 9.99. The van der Waals surface area contributed by atoms with Crippen LogP contribution in [-0.2, 0) is 4.74 Å². The van der Waals surface area contributed by atoms with Gasteiger partial charge in [0.2, 0.25) is 0 Å². The van der Waals surface area contributed by atoms with Crippen LogP contribution in [0.2, 0.25) is 0 Å². The number of rotatable bonds is 6. The summed E-state index contributed by atoms with van der Waals surface area (Å²) in [5, 5.41) is 3.67. The third kappa shape index (κ3) is 3.95. The van der Waals surface area contributed by atoms with E-state index in [0.29, 0.717) is 6.04 Å². The maximum absolute atomic E-state index is 5.89. The van der Waals surface area contributed by atoms with Gasteiger partial charge in [0, 0.05) is 25.3 Å². The van der Waals surface area contributed by atoms with E-state index in [1.165, 1.54) is 11.1 Å². The van der Waals surface area contributed by atoms with Crippen LogP contribution in [-0.4, -0.2) is 26.9 Å². The van der Waals surface area contributed by atoms with E-state index in [1.807, 2.05) is 0 Å². The molecule has 1 atom stereocenters. The number of aryl methyl sites for hydroxylation is 1. The molecule has 0 aromatic heterocycles. The van der Waals surface area contributed by atoms with Crippen LogP contribution >= 0.6 is 0 Å². The predicted molar refractivity (Wildman–Crippen MR) is 77.8 cm³/mol. The summed E-state index contributed by atoms with van der Waals surface area (Å²) in [6.07, 6.45) is 4.55. The summed E-state index contributed by atoms with van der Waals surface area (Å²) >= 11 is 0. The molecule has 1 heterocycles. The number of fused-ring (bicyclic) bond motifs is 1. The SMILES string of the molecule is COCCCCNC1CCCOc2c(C)cccc21. The Morgan fingerprint density at radius 1 is 1.37 bits per heavy atom. The van der Waals surface area contributed by atoms with E-state index in [2.05, 4.69) is 30.4 Å². The molecule has 0 bridgehead atoms. The molecule has 106 valence electrons. The quantitative estimate of drug-likeness (QED) is 0.799. The summed E-state index contributed by atoms with van der Waals surface area (Å²) in [6.45, 7) is 4.85. The van der Waals surface area contributed by atoms with Gasteiger partial charge in [-0.15, -0.1) is 0 Å². The molecule has 1 aromatic rings. The van der Waals surface area contributed by atoms with Crippen molar-refractivity contribution in [2.45, 2.75) is 38.6 Å². The van der Waals surface area contributed by atoms with Crippen LogP contribution in [0.5, 0.6) is 5.75 Å². The Bertz CT molecular complexity index is 392. The minimum Gasteiger partial charge on any atom is -0.493 e. The molecular formula is C16H25NO2. The number of benzene rings is 1. The standard InChI is InChI=1S/C16H25NO2/c1-13-7-5-8-14-15(9-6-12-19-16(13)14)17-10-3-4-11-18-2/h5,7-8,15,17H,3-4,6,9-12H2,1-2H3. The van der Waals surface area contributed by atoms with E-state index in [4.69, 9.17) is 9.47 Å². The summed E-state index contributed by atoms with van der Waals surface area (Å²) in [7, 11) is 1.76. The maximum Gasteiger partial charge on any atom is 0.126 e. The molecule has 1 unspecified atom stereocenters. The van der Waals surface area contributed by atoms with E-state index in [1.54, 1.807) is 7.11 Å². The van der Waals surface area contributed by atoms with Gasteiger partial charge in [-0.2, -0.15) is 0 Å². The minimum absolute atomic E-state index is 0.431. The Morgan fingerprint density at radius 2 is 2.26 bits per heavy atom. The number of hydrogen-bond donors (Lipinski definition) is 1. The number of para-hydroxylation sites is 1. The van der Waals surface area contributed by atoms with Crippen LogP contribution in [0, 0.1) is 6.92 Å². The van der Waals surface area contributed by atoms with Gasteiger partial charge in [0.1, 0.15) is 5.75 Å². The zero-order valence-electron chi connectivity index (χ0n) is 12.1. The van der Waals surface area contributed by atoms with E-state index in [9.17, 15) is 0 Å². The van der Waals surface area contributed by atoms with Gasteiger partial charge in [0.05, 0.1) is 6.61 Å². The zero-order valence-corrected chi connectivity index (χ0v) is 12.1. The van der Waals surface area contributed by atoms with Gasteiger partial charge in [-0.25, -0.2) is 0 Å². The van der Waals surface area contributed by atoms with E-state index >= 15 is 0 Å². The van der Waals surface area contributed by atoms with Crippen LogP contribution in [0.25, 0.3) is 0 Å². The third-order valence-corrected chi connectivity index (χ3v) is 3.67. The first kappa shape index (κ1) is 14.4. The van der Waals surface area contributed by atoms with Gasteiger partial charge in [0.25, 0.3) is 0 Å². The fourth-order valence-corrected chi connectivity index (χ4v) is 2.62. The largest absolute Gasteiger partial charge is 0.493 e. The van der Waals surface area contributed by atoms with Crippen LogP contribution in [0.4, 0.5) is 0 Å². The molecule has 0 amide bonds. The van der Waals surface area contributed by atoms with Gasteiger partial charge in [-0.3, -0.25) is 0 Å². The molecule has 0 saturated carbocycles. The third-order valence-electron chi connectivity index (χ3n) is 3.67. The summed E-state index contributed by atoms with van der Waals surface area (Å²) in [6, 6.07) is 6.88. The van der Waals surface area contributed by atoms with E-state index in [-0.39, 0.29) is 0 Å². The van der Waals surface area contributed by atoms with Gasteiger partial charge in [-0.1, -0.05) is 18.2 Å².